The molecule has 0 aromatic heterocycles. The minimum absolute atomic E-state index is 0.0797. The lowest BCUT2D eigenvalue weighted by atomic mass is 10.0. The minimum Gasteiger partial charge on any atom is -0.496 e. The number of para-hydroxylation sites is 1. The summed E-state index contributed by atoms with van der Waals surface area (Å²) in [6, 6.07) is 9.65. The molecule has 0 spiro atoms. The summed E-state index contributed by atoms with van der Waals surface area (Å²) in [5, 5.41) is 4.01. The largest absolute Gasteiger partial charge is 0.496 e. The van der Waals surface area contributed by atoms with Gasteiger partial charge in [-0.15, -0.1) is 0 Å². The molecule has 2 aromatic rings. The Balaban J connectivity index is 1.94. The van der Waals surface area contributed by atoms with Gasteiger partial charge in [0.25, 0.3) is 5.91 Å². The number of hydrogen-bond donors (Lipinski definition) is 1. The van der Waals surface area contributed by atoms with Gasteiger partial charge in [-0.2, -0.15) is 5.10 Å². The van der Waals surface area contributed by atoms with Gasteiger partial charge in [0.1, 0.15) is 11.5 Å². The Hall–Kier alpha value is -2.82. The Morgan fingerprint density at radius 1 is 1.08 bits per heavy atom. The highest BCUT2D eigenvalue weighted by Crippen LogP contribution is 2.23. The molecule has 0 unspecified atom stereocenters. The van der Waals surface area contributed by atoms with Crippen molar-refractivity contribution in [1.29, 1.82) is 0 Å². The third kappa shape index (κ3) is 4.59. The van der Waals surface area contributed by atoms with E-state index in [0.29, 0.717) is 0 Å². The fourth-order valence-corrected chi connectivity index (χ4v) is 2.55. The van der Waals surface area contributed by atoms with Crippen molar-refractivity contribution < 1.29 is 14.3 Å². The molecular weight excluding hydrogens is 316 g/mol. The second-order valence-corrected chi connectivity index (χ2v) is 5.91. The Morgan fingerprint density at radius 3 is 2.40 bits per heavy atom. The number of ether oxygens (including phenoxy) is 2. The van der Waals surface area contributed by atoms with E-state index in [2.05, 4.69) is 10.5 Å². The van der Waals surface area contributed by atoms with Crippen LogP contribution in [0.3, 0.4) is 0 Å². The first kappa shape index (κ1) is 18.5. The first-order valence-electron chi connectivity index (χ1n) is 8.09. The highest BCUT2D eigenvalue weighted by Gasteiger charge is 2.07. The van der Waals surface area contributed by atoms with Crippen molar-refractivity contribution >= 4 is 12.1 Å². The van der Waals surface area contributed by atoms with Gasteiger partial charge in [0.2, 0.25) is 0 Å². The molecule has 0 atom stereocenters. The van der Waals surface area contributed by atoms with Crippen LogP contribution >= 0.6 is 0 Å². The van der Waals surface area contributed by atoms with Gasteiger partial charge in [0.05, 0.1) is 13.3 Å². The van der Waals surface area contributed by atoms with Crippen LogP contribution < -0.4 is 14.9 Å². The summed E-state index contributed by atoms with van der Waals surface area (Å²) in [4.78, 5) is 11.9. The number of nitrogens with zero attached hydrogens (tertiary/aromatic N) is 1. The van der Waals surface area contributed by atoms with Crippen LogP contribution in [0.5, 0.6) is 11.5 Å². The number of benzene rings is 2. The predicted molar refractivity (Wildman–Crippen MR) is 99.6 cm³/mol. The van der Waals surface area contributed by atoms with Gasteiger partial charge in [0, 0.05) is 0 Å². The maximum atomic E-state index is 11.9. The molecule has 25 heavy (non-hydrogen) atoms. The monoisotopic (exact) mass is 340 g/mol. The molecule has 0 aliphatic carbocycles. The van der Waals surface area contributed by atoms with Crippen LogP contribution in [0.1, 0.15) is 27.8 Å². The van der Waals surface area contributed by atoms with Gasteiger partial charge in [-0.25, -0.2) is 5.43 Å². The van der Waals surface area contributed by atoms with E-state index in [-0.39, 0.29) is 12.5 Å². The van der Waals surface area contributed by atoms with E-state index in [0.717, 1.165) is 39.3 Å². The highest BCUT2D eigenvalue weighted by atomic mass is 16.5. The molecule has 0 bridgehead atoms. The summed E-state index contributed by atoms with van der Waals surface area (Å²) in [5.41, 5.74) is 7.53. The van der Waals surface area contributed by atoms with Gasteiger partial charge in [-0.05, 0) is 67.6 Å². The molecular formula is C20H24N2O3. The number of amides is 1. The van der Waals surface area contributed by atoms with Crippen molar-refractivity contribution in [3.05, 3.63) is 58.1 Å². The molecule has 2 aromatic carbocycles. The van der Waals surface area contributed by atoms with E-state index in [4.69, 9.17) is 9.47 Å². The molecule has 1 N–H and O–H groups in total. The van der Waals surface area contributed by atoms with Crippen LogP contribution in [0.4, 0.5) is 0 Å². The molecule has 0 heterocycles. The Morgan fingerprint density at radius 2 is 1.76 bits per heavy atom. The molecule has 0 radical (unpaired) electrons. The molecule has 132 valence electrons. The maximum Gasteiger partial charge on any atom is 0.277 e. The van der Waals surface area contributed by atoms with Gasteiger partial charge >= 0.3 is 0 Å². The normalized spacial score (nSPS) is 10.8. The molecule has 1 amide bonds. The van der Waals surface area contributed by atoms with Crippen LogP contribution in [-0.4, -0.2) is 25.8 Å². The number of hydrazone groups is 1. The first-order chi connectivity index (χ1) is 11.9. The first-order valence-corrected chi connectivity index (χ1v) is 8.09. The SMILES string of the molecule is COc1ccc(C=NNC(=O)COc2c(C)cccc2C)c(C)c1C. The maximum absolute atomic E-state index is 11.9. The quantitative estimate of drug-likeness (QED) is 0.647. The smallest absolute Gasteiger partial charge is 0.277 e. The number of nitrogens with one attached hydrogen (secondary N) is 1. The molecule has 0 saturated carbocycles. The molecule has 0 aliphatic heterocycles. The van der Waals surface area contributed by atoms with Crippen LogP contribution in [0, 0.1) is 27.7 Å². The summed E-state index contributed by atoms with van der Waals surface area (Å²) in [7, 11) is 1.64. The number of rotatable bonds is 6. The van der Waals surface area contributed by atoms with Crippen LogP contribution in [-0.2, 0) is 4.79 Å². The zero-order valence-electron chi connectivity index (χ0n) is 15.3. The van der Waals surface area contributed by atoms with Crippen LogP contribution in [0.15, 0.2) is 35.4 Å². The summed E-state index contributed by atoms with van der Waals surface area (Å²) in [6.45, 7) is 7.80. The number of methoxy groups -OCH3 is 1. The number of hydrogen-bond acceptors (Lipinski definition) is 4. The summed E-state index contributed by atoms with van der Waals surface area (Å²) < 4.78 is 10.9. The van der Waals surface area contributed by atoms with Crippen molar-refractivity contribution in [2.75, 3.05) is 13.7 Å². The Kier molecular flexibility index (Phi) is 6.17. The van der Waals surface area contributed by atoms with E-state index in [1.807, 2.05) is 58.0 Å². The van der Waals surface area contributed by atoms with Crippen molar-refractivity contribution in [2.45, 2.75) is 27.7 Å². The van der Waals surface area contributed by atoms with E-state index in [1.54, 1.807) is 13.3 Å². The van der Waals surface area contributed by atoms with Crippen LogP contribution in [0.25, 0.3) is 0 Å². The van der Waals surface area contributed by atoms with Crippen molar-refractivity contribution in [2.24, 2.45) is 5.10 Å². The third-order valence-electron chi connectivity index (χ3n) is 4.15. The minimum atomic E-state index is -0.304. The Labute approximate surface area is 148 Å². The molecule has 5 nitrogen and oxygen atoms in total. The van der Waals surface area contributed by atoms with E-state index in [1.165, 1.54) is 0 Å². The topological polar surface area (TPSA) is 59.9 Å². The van der Waals surface area contributed by atoms with E-state index < -0.39 is 0 Å². The Bertz CT molecular complexity index is 778. The summed E-state index contributed by atoms with van der Waals surface area (Å²) >= 11 is 0. The fraction of sp³-hybridized carbons (Fsp3) is 0.300. The van der Waals surface area contributed by atoms with Gasteiger partial charge in [-0.1, -0.05) is 18.2 Å². The standard InChI is InChI=1S/C20H24N2O3/c1-13-7-6-8-14(2)20(13)25-12-19(23)22-21-11-17-9-10-18(24-5)16(4)15(17)3/h6-11H,12H2,1-5H3,(H,22,23). The number of carbonyl (C=O) groups is 1. The molecule has 0 aliphatic rings. The van der Waals surface area contributed by atoms with Crippen molar-refractivity contribution in [3.63, 3.8) is 0 Å². The van der Waals surface area contributed by atoms with Crippen molar-refractivity contribution in [1.82, 2.24) is 5.43 Å². The lowest BCUT2D eigenvalue weighted by molar-refractivity contribution is -0.123. The second kappa shape index (κ2) is 8.33. The van der Waals surface area contributed by atoms with Crippen LogP contribution in [0.2, 0.25) is 0 Å². The molecule has 2 rings (SSSR count). The zero-order valence-corrected chi connectivity index (χ0v) is 15.3. The molecule has 0 fully saturated rings. The highest BCUT2D eigenvalue weighted by molar-refractivity contribution is 5.85. The lowest BCUT2D eigenvalue weighted by Gasteiger charge is -2.11. The van der Waals surface area contributed by atoms with Gasteiger partial charge < -0.3 is 9.47 Å². The molecule has 0 saturated heterocycles. The zero-order chi connectivity index (χ0) is 18.4. The average Bonchev–Trinajstić information content (AvgIpc) is 2.58. The number of carbonyl (C=O) groups excluding carboxylic acids is 1. The lowest BCUT2D eigenvalue weighted by Crippen LogP contribution is -2.25. The third-order valence-corrected chi connectivity index (χ3v) is 4.15. The van der Waals surface area contributed by atoms with Gasteiger partial charge in [-0.3, -0.25) is 4.79 Å². The predicted octanol–water partition coefficient (Wildman–Crippen LogP) is 3.46. The second-order valence-electron chi connectivity index (χ2n) is 5.91. The summed E-state index contributed by atoms with van der Waals surface area (Å²) in [6.07, 6.45) is 1.62. The fourth-order valence-electron chi connectivity index (χ4n) is 2.55. The number of aryl methyl sites for hydroxylation is 2. The van der Waals surface area contributed by atoms with E-state index in [9.17, 15) is 4.79 Å². The van der Waals surface area contributed by atoms with E-state index >= 15 is 0 Å². The average molecular weight is 340 g/mol. The summed E-state index contributed by atoms with van der Waals surface area (Å²) in [5.74, 6) is 1.27. The van der Waals surface area contributed by atoms with Crippen molar-refractivity contribution in [3.8, 4) is 11.5 Å². The van der Waals surface area contributed by atoms with Gasteiger partial charge in [0.15, 0.2) is 6.61 Å². The molecule has 5 heteroatoms.